The van der Waals surface area contributed by atoms with Crippen LogP contribution in [0.4, 0.5) is 18.9 Å². The molecule has 4 nitrogen and oxygen atoms in total. The summed E-state index contributed by atoms with van der Waals surface area (Å²) in [6.07, 6.45) is -0.584. The van der Waals surface area contributed by atoms with Gasteiger partial charge in [-0.3, -0.25) is 4.79 Å². The van der Waals surface area contributed by atoms with Crippen molar-refractivity contribution in [2.24, 2.45) is 0 Å². The van der Waals surface area contributed by atoms with E-state index in [4.69, 9.17) is 0 Å². The summed E-state index contributed by atoms with van der Waals surface area (Å²) in [6, 6.07) is 9.67. The van der Waals surface area contributed by atoms with Gasteiger partial charge in [0.05, 0.1) is 0 Å². The maximum atomic E-state index is 12.5. The Morgan fingerprint density at radius 3 is 2.38 bits per heavy atom. The van der Waals surface area contributed by atoms with E-state index in [9.17, 15) is 18.0 Å². The van der Waals surface area contributed by atoms with E-state index in [1.165, 1.54) is 23.8 Å². The van der Waals surface area contributed by atoms with Crippen LogP contribution in [0.15, 0.2) is 60.8 Å². The Morgan fingerprint density at radius 2 is 1.84 bits per heavy atom. The highest BCUT2D eigenvalue weighted by atomic mass is 19.4. The van der Waals surface area contributed by atoms with Crippen LogP contribution in [0.1, 0.15) is 38.8 Å². The summed E-state index contributed by atoms with van der Waals surface area (Å²) in [4.78, 5) is 13.6. The number of hydrogen-bond acceptors (Lipinski definition) is 3. The second kappa shape index (κ2) is 11.4. The molecule has 1 N–H and O–H groups in total. The van der Waals surface area contributed by atoms with Crippen molar-refractivity contribution >= 4 is 11.6 Å². The predicted molar refractivity (Wildman–Crippen MR) is 125 cm³/mol. The third kappa shape index (κ3) is 7.48. The van der Waals surface area contributed by atoms with Crippen LogP contribution in [-0.4, -0.2) is 19.3 Å². The number of hydrogen-bond donors (Lipinski definition) is 1. The zero-order valence-electron chi connectivity index (χ0n) is 18.1. The molecule has 7 heteroatoms. The van der Waals surface area contributed by atoms with Crippen molar-refractivity contribution in [1.82, 2.24) is 5.32 Å². The van der Waals surface area contributed by atoms with Gasteiger partial charge in [0.1, 0.15) is 5.75 Å². The normalized spacial score (nSPS) is 11.4. The molecule has 0 spiro atoms. The van der Waals surface area contributed by atoms with Crippen LogP contribution in [0.2, 0.25) is 0 Å². The van der Waals surface area contributed by atoms with Crippen molar-refractivity contribution in [3.05, 3.63) is 72.0 Å². The third-order valence-corrected chi connectivity index (χ3v) is 4.84. The minimum absolute atomic E-state index is 0. The average molecular weight is 449 g/mol. The largest absolute Gasteiger partial charge is 0.573 e. The van der Waals surface area contributed by atoms with Gasteiger partial charge in [-0.1, -0.05) is 38.6 Å². The lowest BCUT2D eigenvalue weighted by molar-refractivity contribution is -0.274. The molecule has 0 fully saturated rings. The molecular weight excluding hydrogens is 417 g/mol. The van der Waals surface area contributed by atoms with Crippen molar-refractivity contribution in [1.29, 1.82) is 0 Å². The number of nitrogens with one attached hydrogen (secondary N) is 1. The van der Waals surface area contributed by atoms with Gasteiger partial charge in [0.15, 0.2) is 0 Å². The van der Waals surface area contributed by atoms with Crippen molar-refractivity contribution < 1.29 is 22.7 Å². The molecule has 174 valence electrons. The lowest BCUT2D eigenvalue weighted by Gasteiger charge is -2.22. The molecule has 0 radical (unpaired) electrons. The molecule has 0 aromatic heterocycles. The molecular formula is C25H31F3N2O2. The third-order valence-electron chi connectivity index (χ3n) is 4.84. The van der Waals surface area contributed by atoms with Crippen molar-refractivity contribution in [2.75, 3.05) is 11.9 Å². The van der Waals surface area contributed by atoms with Crippen LogP contribution in [0.25, 0.3) is 11.1 Å². The smallest absolute Gasteiger partial charge is 0.406 e. The number of anilines is 1. The van der Waals surface area contributed by atoms with Crippen LogP contribution >= 0.6 is 0 Å². The topological polar surface area (TPSA) is 41.6 Å². The molecule has 0 atom stereocenters. The maximum absolute atomic E-state index is 12.5. The molecule has 0 bridgehead atoms. The second-order valence-electron chi connectivity index (χ2n) is 7.22. The maximum Gasteiger partial charge on any atom is 0.573 e. The fourth-order valence-corrected chi connectivity index (χ4v) is 3.11. The van der Waals surface area contributed by atoms with Crippen LogP contribution in [0.5, 0.6) is 5.75 Å². The first kappa shape index (κ1) is 26.8. The average Bonchev–Trinajstić information content (AvgIpc) is 2.71. The molecule has 0 aliphatic heterocycles. The summed E-state index contributed by atoms with van der Waals surface area (Å²) in [7, 11) is 1.94. The van der Waals surface area contributed by atoms with Crippen LogP contribution in [0.3, 0.4) is 0 Å². The zero-order chi connectivity index (χ0) is 23.2. The molecule has 0 aliphatic carbocycles. The minimum Gasteiger partial charge on any atom is -0.406 e. The number of carbonyl (C=O) groups is 1. The van der Waals surface area contributed by atoms with Crippen molar-refractivity contribution in [2.45, 2.75) is 47.5 Å². The molecule has 2 aromatic carbocycles. The van der Waals surface area contributed by atoms with Crippen molar-refractivity contribution in [3.8, 4) is 16.9 Å². The molecule has 32 heavy (non-hydrogen) atoms. The second-order valence-corrected chi connectivity index (χ2v) is 7.22. The van der Waals surface area contributed by atoms with Gasteiger partial charge in [0.2, 0.25) is 5.91 Å². The van der Waals surface area contributed by atoms with Gasteiger partial charge in [0.25, 0.3) is 0 Å². The standard InChI is InChI=1S/C24H27F3N2O2.CH4/c1-6-16(3)15-29(5)22-13-18(14-28-23(30)7-2)12-21(17(22)4)19-8-10-20(11-9-19)31-24(25,26)27;/h7-13,15H,2,6,14H2,1,3-5H3,(H,28,30);1H4/b16-15+;. The number of ether oxygens (including phenoxy) is 1. The summed E-state index contributed by atoms with van der Waals surface area (Å²) in [5, 5.41) is 2.76. The van der Waals surface area contributed by atoms with Gasteiger partial charge in [-0.05, 0) is 72.9 Å². The fourth-order valence-electron chi connectivity index (χ4n) is 3.11. The fraction of sp³-hybridized carbons (Fsp3) is 0.320. The van der Waals surface area contributed by atoms with Crippen LogP contribution in [-0.2, 0) is 11.3 Å². The first-order valence-corrected chi connectivity index (χ1v) is 9.84. The molecule has 0 saturated heterocycles. The highest BCUT2D eigenvalue weighted by molar-refractivity contribution is 5.87. The molecule has 0 unspecified atom stereocenters. The van der Waals surface area contributed by atoms with Gasteiger partial charge in [-0.2, -0.15) is 0 Å². The van der Waals surface area contributed by atoms with E-state index >= 15 is 0 Å². The highest BCUT2D eigenvalue weighted by Crippen LogP contribution is 2.34. The van der Waals surface area contributed by atoms with Gasteiger partial charge in [-0.15, -0.1) is 13.2 Å². The van der Waals surface area contributed by atoms with Crippen LogP contribution in [0, 0.1) is 6.92 Å². The number of amides is 1. The van der Waals surface area contributed by atoms with E-state index in [1.54, 1.807) is 12.1 Å². The molecule has 2 aromatic rings. The van der Waals surface area contributed by atoms with Gasteiger partial charge in [0, 0.05) is 25.5 Å². The molecule has 0 heterocycles. The number of carbonyl (C=O) groups excluding carboxylic acids is 1. The number of alkyl halides is 3. The van der Waals surface area contributed by atoms with E-state index in [1.807, 2.05) is 44.1 Å². The molecule has 0 aliphatic rings. The molecule has 2 rings (SSSR count). The Kier molecular flexibility index (Phi) is 9.56. The lowest BCUT2D eigenvalue weighted by Crippen LogP contribution is -2.20. The SMILES string of the molecule is C.C=CC(=O)NCc1cc(-c2ccc(OC(F)(F)F)cc2)c(C)c(N(C)/C=C(\C)CC)c1. The van der Waals surface area contributed by atoms with Crippen molar-refractivity contribution in [3.63, 3.8) is 0 Å². The quantitative estimate of drug-likeness (QED) is 0.454. The predicted octanol–water partition coefficient (Wildman–Crippen LogP) is 6.75. The van der Waals surface area contributed by atoms with E-state index < -0.39 is 6.36 Å². The van der Waals surface area contributed by atoms with Gasteiger partial charge >= 0.3 is 6.36 Å². The highest BCUT2D eigenvalue weighted by Gasteiger charge is 2.31. The Hall–Kier alpha value is -3.22. The Balaban J connectivity index is 0.00000512. The number of halogens is 3. The number of allylic oxidation sites excluding steroid dienone is 1. The molecule has 0 saturated carbocycles. The van der Waals surface area contributed by atoms with Gasteiger partial charge in [-0.25, -0.2) is 0 Å². The number of nitrogens with zero attached hydrogens (tertiary/aromatic N) is 1. The van der Waals surface area contributed by atoms with E-state index in [0.29, 0.717) is 6.54 Å². The van der Waals surface area contributed by atoms with Crippen LogP contribution < -0.4 is 15.0 Å². The molecule has 1 amide bonds. The summed E-state index contributed by atoms with van der Waals surface area (Å²) in [5.41, 5.74) is 5.55. The summed E-state index contributed by atoms with van der Waals surface area (Å²) >= 11 is 0. The van der Waals surface area contributed by atoms with E-state index in [0.717, 1.165) is 34.4 Å². The summed E-state index contributed by atoms with van der Waals surface area (Å²) < 4.78 is 41.4. The Morgan fingerprint density at radius 1 is 1.22 bits per heavy atom. The Labute approximate surface area is 188 Å². The summed E-state index contributed by atoms with van der Waals surface area (Å²) in [6.45, 7) is 9.83. The number of rotatable bonds is 8. The Bertz CT molecular complexity index is 964. The zero-order valence-corrected chi connectivity index (χ0v) is 18.1. The first-order valence-electron chi connectivity index (χ1n) is 9.84. The monoisotopic (exact) mass is 448 g/mol. The van der Waals surface area contributed by atoms with E-state index in [2.05, 4.69) is 23.6 Å². The first-order chi connectivity index (χ1) is 14.5. The number of benzene rings is 2. The van der Waals surface area contributed by atoms with E-state index in [-0.39, 0.29) is 19.1 Å². The lowest BCUT2D eigenvalue weighted by atomic mass is 9.95. The van der Waals surface area contributed by atoms with Gasteiger partial charge < -0.3 is 15.0 Å². The summed E-state index contributed by atoms with van der Waals surface area (Å²) in [5.74, 6) is -0.561. The minimum atomic E-state index is -4.74.